The number of carbonyl (C=O) groups excluding carboxylic acids is 1. The highest BCUT2D eigenvalue weighted by Crippen LogP contribution is 2.37. The maximum Gasteiger partial charge on any atom is 0.326 e. The van der Waals surface area contributed by atoms with Crippen molar-refractivity contribution in [2.45, 2.75) is 50.6 Å². The molecular weight excluding hydrogens is 534 g/mol. The molecule has 1 aliphatic carbocycles. The molecule has 6 rings (SSSR count). The number of hydrogen-bond acceptors (Lipinski definition) is 6. The lowest BCUT2D eigenvalue weighted by molar-refractivity contribution is -0.145. The van der Waals surface area contributed by atoms with Crippen LogP contribution in [0.25, 0.3) is 44.7 Å². The molecule has 1 fully saturated rings. The SMILES string of the molecule is O=C(O)C[C@H](NC(=O)c1ccc2c(c1)nc(-c1ccc3nc(-c4ccccc4)cnc3c1)n2C1CCCCC1)C(=O)O. The van der Waals surface area contributed by atoms with Gasteiger partial charge in [-0.2, -0.15) is 0 Å². The molecule has 3 aromatic carbocycles. The van der Waals surface area contributed by atoms with Crippen molar-refractivity contribution in [3.8, 4) is 22.6 Å². The van der Waals surface area contributed by atoms with Gasteiger partial charge in [-0.3, -0.25) is 14.6 Å². The van der Waals surface area contributed by atoms with Crippen molar-refractivity contribution >= 4 is 39.9 Å². The second-order valence-electron chi connectivity index (χ2n) is 10.6. The van der Waals surface area contributed by atoms with Crippen molar-refractivity contribution in [1.29, 1.82) is 0 Å². The summed E-state index contributed by atoms with van der Waals surface area (Å²) in [7, 11) is 0. The van der Waals surface area contributed by atoms with E-state index in [2.05, 4.69) is 9.88 Å². The number of rotatable bonds is 8. The molecule has 1 aliphatic rings. The summed E-state index contributed by atoms with van der Waals surface area (Å²) in [4.78, 5) is 49.9. The van der Waals surface area contributed by atoms with Crippen molar-refractivity contribution in [2.24, 2.45) is 0 Å². The average molecular weight is 564 g/mol. The number of hydrogen-bond donors (Lipinski definition) is 3. The number of imidazole rings is 1. The fourth-order valence-corrected chi connectivity index (χ4v) is 5.67. The zero-order chi connectivity index (χ0) is 29.2. The van der Waals surface area contributed by atoms with Crippen molar-refractivity contribution in [3.05, 3.63) is 78.5 Å². The number of nitrogens with one attached hydrogen (secondary N) is 1. The molecule has 212 valence electrons. The summed E-state index contributed by atoms with van der Waals surface area (Å²) in [5.74, 6) is -2.63. The van der Waals surface area contributed by atoms with Crippen molar-refractivity contribution in [3.63, 3.8) is 0 Å². The largest absolute Gasteiger partial charge is 0.481 e. The maximum absolute atomic E-state index is 12.9. The van der Waals surface area contributed by atoms with Crippen LogP contribution in [-0.2, 0) is 9.59 Å². The van der Waals surface area contributed by atoms with Crippen LogP contribution in [0.4, 0.5) is 0 Å². The third-order valence-corrected chi connectivity index (χ3v) is 7.74. The van der Waals surface area contributed by atoms with Gasteiger partial charge >= 0.3 is 11.9 Å². The molecule has 2 aromatic heterocycles. The monoisotopic (exact) mass is 563 g/mol. The summed E-state index contributed by atoms with van der Waals surface area (Å²) in [5, 5.41) is 20.7. The van der Waals surface area contributed by atoms with Crippen LogP contribution in [-0.4, -0.2) is 53.6 Å². The maximum atomic E-state index is 12.9. The highest BCUT2D eigenvalue weighted by Gasteiger charge is 2.26. The Morgan fingerprint density at radius 1 is 0.857 bits per heavy atom. The summed E-state index contributed by atoms with van der Waals surface area (Å²) in [6.45, 7) is 0. The van der Waals surface area contributed by atoms with Crippen LogP contribution in [0.1, 0.15) is 54.9 Å². The van der Waals surface area contributed by atoms with E-state index in [0.29, 0.717) is 5.52 Å². The lowest BCUT2D eigenvalue weighted by atomic mass is 9.94. The highest BCUT2D eigenvalue weighted by molar-refractivity contribution is 6.00. The molecule has 0 saturated heterocycles. The molecule has 3 N–H and O–H groups in total. The number of aliphatic carboxylic acids is 2. The minimum Gasteiger partial charge on any atom is -0.481 e. The van der Waals surface area contributed by atoms with E-state index in [1.54, 1.807) is 18.3 Å². The Balaban J connectivity index is 1.39. The first-order valence-corrected chi connectivity index (χ1v) is 14.0. The van der Waals surface area contributed by atoms with E-state index in [1.165, 1.54) is 6.42 Å². The Morgan fingerprint density at radius 3 is 2.38 bits per heavy atom. The van der Waals surface area contributed by atoms with Crippen LogP contribution in [0.2, 0.25) is 0 Å². The molecule has 2 heterocycles. The standard InChI is InChI=1S/C32H29N5O5/c38-29(39)17-26(32(41)42)36-31(40)21-12-14-28-25(16-21)35-30(37(28)22-9-5-2-6-10-22)20-11-13-23-24(15-20)33-18-27(34-23)19-7-3-1-4-8-19/h1,3-4,7-8,11-16,18,22,26H,2,5-6,9-10,17H2,(H,36,40)(H,38,39)(H,41,42)/t26-/m0/s1. The Bertz CT molecular complexity index is 1810. The van der Waals surface area contributed by atoms with E-state index in [0.717, 1.165) is 64.9 Å². The van der Waals surface area contributed by atoms with E-state index in [1.807, 2.05) is 54.6 Å². The van der Waals surface area contributed by atoms with Crippen LogP contribution in [0, 0.1) is 0 Å². The van der Waals surface area contributed by atoms with Crippen LogP contribution in [0.3, 0.4) is 0 Å². The van der Waals surface area contributed by atoms with Crippen LogP contribution in [0.5, 0.6) is 0 Å². The number of aromatic nitrogens is 4. The van der Waals surface area contributed by atoms with Gasteiger partial charge in [0.1, 0.15) is 11.9 Å². The highest BCUT2D eigenvalue weighted by atomic mass is 16.4. The van der Waals surface area contributed by atoms with Crippen LogP contribution in [0.15, 0.2) is 72.9 Å². The number of fused-ring (bicyclic) bond motifs is 2. The molecule has 10 heteroatoms. The third kappa shape index (κ3) is 5.43. The van der Waals surface area contributed by atoms with E-state index in [-0.39, 0.29) is 11.6 Å². The Hall–Kier alpha value is -5.12. The molecule has 0 bridgehead atoms. The van der Waals surface area contributed by atoms with Gasteiger partial charge in [0.25, 0.3) is 5.91 Å². The molecule has 0 spiro atoms. The Kier molecular flexibility index (Phi) is 7.35. The second kappa shape index (κ2) is 11.4. The lowest BCUT2D eigenvalue weighted by Gasteiger charge is -2.25. The number of carbonyl (C=O) groups is 3. The summed E-state index contributed by atoms with van der Waals surface area (Å²) < 4.78 is 2.24. The Morgan fingerprint density at radius 2 is 1.64 bits per heavy atom. The van der Waals surface area contributed by atoms with Gasteiger partial charge in [0, 0.05) is 22.7 Å². The predicted molar refractivity (Wildman–Crippen MR) is 157 cm³/mol. The normalized spacial score (nSPS) is 14.6. The molecule has 0 radical (unpaired) electrons. The van der Waals surface area contributed by atoms with Gasteiger partial charge in [-0.1, -0.05) is 49.6 Å². The number of amides is 1. The zero-order valence-electron chi connectivity index (χ0n) is 22.7. The topological polar surface area (TPSA) is 147 Å². The summed E-state index contributed by atoms with van der Waals surface area (Å²) in [5.41, 5.74) is 5.86. The summed E-state index contributed by atoms with van der Waals surface area (Å²) >= 11 is 0. The fourth-order valence-electron chi connectivity index (χ4n) is 5.67. The molecule has 42 heavy (non-hydrogen) atoms. The average Bonchev–Trinajstić information content (AvgIpc) is 3.39. The van der Waals surface area contributed by atoms with Crippen molar-refractivity contribution in [1.82, 2.24) is 24.8 Å². The number of carboxylic acid groups (broad SMARTS) is 2. The zero-order valence-corrected chi connectivity index (χ0v) is 22.7. The third-order valence-electron chi connectivity index (χ3n) is 7.74. The minimum absolute atomic E-state index is 0.205. The van der Waals surface area contributed by atoms with Gasteiger partial charge in [-0.25, -0.2) is 14.8 Å². The van der Waals surface area contributed by atoms with Gasteiger partial charge in [0.15, 0.2) is 0 Å². The number of benzene rings is 3. The van der Waals surface area contributed by atoms with Crippen molar-refractivity contribution in [2.75, 3.05) is 0 Å². The van der Waals surface area contributed by atoms with E-state index < -0.39 is 30.3 Å². The molecule has 1 amide bonds. The molecular formula is C32H29N5O5. The molecule has 10 nitrogen and oxygen atoms in total. The van der Waals surface area contributed by atoms with E-state index in [9.17, 15) is 19.5 Å². The molecule has 0 aliphatic heterocycles. The van der Waals surface area contributed by atoms with Gasteiger partial charge in [-0.15, -0.1) is 0 Å². The summed E-state index contributed by atoms with van der Waals surface area (Å²) in [6.07, 6.45) is 6.52. The molecule has 5 aromatic rings. The van der Waals surface area contributed by atoms with E-state index in [4.69, 9.17) is 20.1 Å². The van der Waals surface area contributed by atoms with Gasteiger partial charge in [0.2, 0.25) is 0 Å². The van der Waals surface area contributed by atoms with Crippen molar-refractivity contribution < 1.29 is 24.6 Å². The van der Waals surface area contributed by atoms with Crippen LogP contribution >= 0.6 is 0 Å². The van der Waals surface area contributed by atoms with E-state index >= 15 is 0 Å². The Labute approximate surface area is 241 Å². The van der Waals surface area contributed by atoms with Gasteiger partial charge < -0.3 is 20.1 Å². The first-order valence-electron chi connectivity index (χ1n) is 14.0. The predicted octanol–water partition coefficient (Wildman–Crippen LogP) is 5.48. The molecule has 1 saturated carbocycles. The summed E-state index contributed by atoms with van der Waals surface area (Å²) in [6, 6.07) is 19.6. The smallest absolute Gasteiger partial charge is 0.326 e. The quantitative estimate of drug-likeness (QED) is 0.225. The molecule has 0 unspecified atom stereocenters. The minimum atomic E-state index is -1.54. The van der Waals surface area contributed by atoms with Crippen LogP contribution < -0.4 is 5.32 Å². The van der Waals surface area contributed by atoms with Gasteiger partial charge in [0.05, 0.1) is 40.4 Å². The lowest BCUT2D eigenvalue weighted by Crippen LogP contribution is -2.42. The van der Waals surface area contributed by atoms with Gasteiger partial charge in [-0.05, 0) is 49.2 Å². The first-order chi connectivity index (χ1) is 20.4. The number of carboxylic acids is 2. The first kappa shape index (κ1) is 27.1. The second-order valence-corrected chi connectivity index (χ2v) is 10.6. The molecule has 1 atom stereocenters. The fraction of sp³-hybridized carbons (Fsp3) is 0.250. The number of nitrogens with zero attached hydrogens (tertiary/aromatic N) is 4.